The molecular weight excluding hydrogens is 250 g/mol. The van der Waals surface area contributed by atoms with Gasteiger partial charge < -0.3 is 10.1 Å². The van der Waals surface area contributed by atoms with Gasteiger partial charge >= 0.3 is 0 Å². The predicted octanol–water partition coefficient (Wildman–Crippen LogP) is 3.42. The molecule has 0 aliphatic heterocycles. The minimum atomic E-state index is 0.152. The monoisotopic (exact) mass is 275 g/mol. The van der Waals surface area contributed by atoms with E-state index in [4.69, 9.17) is 4.74 Å². The van der Waals surface area contributed by atoms with Gasteiger partial charge in [0.05, 0.1) is 6.61 Å². The van der Waals surface area contributed by atoms with Gasteiger partial charge in [0.15, 0.2) is 0 Å². The summed E-state index contributed by atoms with van der Waals surface area (Å²) in [6, 6.07) is 8.67. The van der Waals surface area contributed by atoms with Gasteiger partial charge in [0, 0.05) is 12.5 Å². The van der Waals surface area contributed by atoms with E-state index in [2.05, 4.69) is 38.2 Å². The Hall–Kier alpha value is -1.51. The second-order valence-electron chi connectivity index (χ2n) is 6.57. The van der Waals surface area contributed by atoms with E-state index in [1.807, 2.05) is 12.1 Å². The summed E-state index contributed by atoms with van der Waals surface area (Å²) in [6.07, 6.45) is 3.60. The molecule has 20 heavy (non-hydrogen) atoms. The number of amides is 1. The summed E-state index contributed by atoms with van der Waals surface area (Å²) in [7, 11) is 0. The highest BCUT2D eigenvalue weighted by Gasteiger charge is 2.22. The first-order valence-electron chi connectivity index (χ1n) is 7.48. The van der Waals surface area contributed by atoms with Crippen LogP contribution in [0.5, 0.6) is 5.75 Å². The van der Waals surface area contributed by atoms with Crippen LogP contribution in [0.3, 0.4) is 0 Å². The molecule has 1 saturated carbocycles. The molecule has 1 aromatic carbocycles. The molecule has 1 aromatic rings. The molecule has 1 aliphatic carbocycles. The van der Waals surface area contributed by atoms with Crippen LogP contribution in [-0.4, -0.2) is 18.6 Å². The second-order valence-corrected chi connectivity index (χ2v) is 6.57. The Morgan fingerprint density at radius 1 is 1.25 bits per heavy atom. The SMILES string of the molecule is CC(C)(C)c1ccc(OCCCC(=O)NC2CC2)cc1. The normalized spacial score (nSPS) is 14.9. The lowest BCUT2D eigenvalue weighted by Crippen LogP contribution is -2.25. The predicted molar refractivity (Wildman–Crippen MR) is 81.0 cm³/mol. The molecule has 0 heterocycles. The third kappa shape index (κ3) is 4.87. The van der Waals surface area contributed by atoms with Crippen LogP contribution in [0.1, 0.15) is 52.0 Å². The number of carbonyl (C=O) groups excluding carboxylic acids is 1. The molecule has 3 heteroatoms. The van der Waals surface area contributed by atoms with Gasteiger partial charge in [0.2, 0.25) is 5.91 Å². The van der Waals surface area contributed by atoms with Crippen LogP contribution >= 0.6 is 0 Å². The number of ether oxygens (including phenoxy) is 1. The molecule has 2 rings (SSSR count). The van der Waals surface area contributed by atoms with Crippen molar-refractivity contribution in [3.8, 4) is 5.75 Å². The van der Waals surface area contributed by atoms with E-state index in [0.717, 1.165) is 25.0 Å². The van der Waals surface area contributed by atoms with Crippen molar-refractivity contribution < 1.29 is 9.53 Å². The highest BCUT2D eigenvalue weighted by Crippen LogP contribution is 2.24. The highest BCUT2D eigenvalue weighted by atomic mass is 16.5. The summed E-state index contributed by atoms with van der Waals surface area (Å²) in [6.45, 7) is 7.18. The van der Waals surface area contributed by atoms with Crippen LogP contribution in [0.2, 0.25) is 0 Å². The van der Waals surface area contributed by atoms with Gasteiger partial charge in [-0.25, -0.2) is 0 Å². The zero-order valence-corrected chi connectivity index (χ0v) is 12.7. The van der Waals surface area contributed by atoms with E-state index >= 15 is 0 Å². The van der Waals surface area contributed by atoms with E-state index in [-0.39, 0.29) is 11.3 Å². The van der Waals surface area contributed by atoms with Gasteiger partial charge in [-0.15, -0.1) is 0 Å². The summed E-state index contributed by atoms with van der Waals surface area (Å²) >= 11 is 0. The van der Waals surface area contributed by atoms with Gasteiger partial charge in [-0.1, -0.05) is 32.9 Å². The zero-order valence-electron chi connectivity index (χ0n) is 12.7. The van der Waals surface area contributed by atoms with E-state index in [1.165, 1.54) is 5.56 Å². The second kappa shape index (κ2) is 6.29. The van der Waals surface area contributed by atoms with E-state index in [9.17, 15) is 4.79 Å². The maximum Gasteiger partial charge on any atom is 0.220 e. The number of nitrogens with one attached hydrogen (secondary N) is 1. The molecule has 0 bridgehead atoms. The smallest absolute Gasteiger partial charge is 0.220 e. The van der Waals surface area contributed by atoms with E-state index < -0.39 is 0 Å². The first-order valence-corrected chi connectivity index (χ1v) is 7.48. The Morgan fingerprint density at radius 2 is 1.90 bits per heavy atom. The largest absolute Gasteiger partial charge is 0.494 e. The molecule has 1 amide bonds. The molecule has 1 aliphatic rings. The Bertz CT molecular complexity index is 441. The average Bonchev–Trinajstić information content (AvgIpc) is 3.18. The summed E-state index contributed by atoms with van der Waals surface area (Å²) in [5, 5.41) is 2.98. The average molecular weight is 275 g/mol. The number of hydrogen-bond acceptors (Lipinski definition) is 2. The lowest BCUT2D eigenvalue weighted by molar-refractivity contribution is -0.121. The van der Waals surface area contributed by atoms with Crippen molar-refractivity contribution in [1.82, 2.24) is 5.32 Å². The molecular formula is C17H25NO2. The summed E-state index contributed by atoms with van der Waals surface area (Å²) in [5.74, 6) is 1.03. The van der Waals surface area contributed by atoms with Crippen molar-refractivity contribution in [1.29, 1.82) is 0 Å². The number of carbonyl (C=O) groups is 1. The summed E-state index contributed by atoms with van der Waals surface area (Å²) in [5.41, 5.74) is 1.47. The van der Waals surface area contributed by atoms with Gasteiger partial charge in [-0.3, -0.25) is 4.79 Å². The standard InChI is InChI=1S/C17H25NO2/c1-17(2,3)13-6-10-15(11-7-13)20-12-4-5-16(19)18-14-8-9-14/h6-7,10-11,14H,4-5,8-9,12H2,1-3H3,(H,18,19). The first-order chi connectivity index (χ1) is 9.45. The Labute approximate surface area is 121 Å². The van der Waals surface area contributed by atoms with Gasteiger partial charge in [-0.2, -0.15) is 0 Å². The van der Waals surface area contributed by atoms with Crippen molar-refractivity contribution in [3.05, 3.63) is 29.8 Å². The number of hydrogen-bond donors (Lipinski definition) is 1. The molecule has 0 aromatic heterocycles. The molecule has 0 saturated heterocycles. The molecule has 0 atom stereocenters. The molecule has 1 fully saturated rings. The Kier molecular flexibility index (Phi) is 4.69. The molecule has 0 unspecified atom stereocenters. The molecule has 3 nitrogen and oxygen atoms in total. The molecule has 1 N–H and O–H groups in total. The highest BCUT2D eigenvalue weighted by molar-refractivity contribution is 5.76. The quantitative estimate of drug-likeness (QED) is 0.808. The fraction of sp³-hybridized carbons (Fsp3) is 0.588. The van der Waals surface area contributed by atoms with Crippen LogP contribution in [0.4, 0.5) is 0 Å². The van der Waals surface area contributed by atoms with Crippen molar-refractivity contribution in [2.24, 2.45) is 0 Å². The van der Waals surface area contributed by atoms with E-state index in [1.54, 1.807) is 0 Å². The molecule has 0 radical (unpaired) electrons. The van der Waals surface area contributed by atoms with E-state index in [0.29, 0.717) is 19.1 Å². The van der Waals surface area contributed by atoms with Crippen molar-refractivity contribution in [2.75, 3.05) is 6.61 Å². The third-order valence-corrected chi connectivity index (χ3v) is 3.48. The fourth-order valence-electron chi connectivity index (χ4n) is 2.00. The Morgan fingerprint density at radius 3 is 2.45 bits per heavy atom. The van der Waals surface area contributed by atoms with Crippen molar-refractivity contribution in [2.45, 2.75) is 57.9 Å². The lowest BCUT2D eigenvalue weighted by atomic mass is 9.87. The number of rotatable bonds is 6. The molecule has 110 valence electrons. The topological polar surface area (TPSA) is 38.3 Å². The maximum atomic E-state index is 11.5. The van der Waals surface area contributed by atoms with Gasteiger partial charge in [-0.05, 0) is 42.4 Å². The van der Waals surface area contributed by atoms with Crippen LogP contribution in [0.15, 0.2) is 24.3 Å². The third-order valence-electron chi connectivity index (χ3n) is 3.48. The van der Waals surface area contributed by atoms with Gasteiger partial charge in [0.25, 0.3) is 0 Å². The zero-order chi connectivity index (χ0) is 14.6. The lowest BCUT2D eigenvalue weighted by Gasteiger charge is -2.19. The Balaban J connectivity index is 1.67. The minimum absolute atomic E-state index is 0.152. The summed E-state index contributed by atoms with van der Waals surface area (Å²) in [4.78, 5) is 11.5. The molecule has 0 spiro atoms. The minimum Gasteiger partial charge on any atom is -0.494 e. The van der Waals surface area contributed by atoms with Crippen LogP contribution in [0, 0.1) is 0 Å². The van der Waals surface area contributed by atoms with Crippen LogP contribution in [0.25, 0.3) is 0 Å². The number of benzene rings is 1. The first kappa shape index (κ1) is 14.9. The fourth-order valence-corrected chi connectivity index (χ4v) is 2.00. The van der Waals surface area contributed by atoms with Crippen molar-refractivity contribution in [3.63, 3.8) is 0 Å². The summed E-state index contributed by atoms with van der Waals surface area (Å²) < 4.78 is 5.66. The van der Waals surface area contributed by atoms with Crippen LogP contribution < -0.4 is 10.1 Å². The van der Waals surface area contributed by atoms with Crippen molar-refractivity contribution >= 4 is 5.91 Å². The van der Waals surface area contributed by atoms with Gasteiger partial charge in [0.1, 0.15) is 5.75 Å². The maximum absolute atomic E-state index is 11.5. The van der Waals surface area contributed by atoms with Crippen LogP contribution in [-0.2, 0) is 10.2 Å².